The molecule has 0 saturated carbocycles. The van der Waals surface area contributed by atoms with Gasteiger partial charge in [0.05, 0.1) is 0 Å². The lowest BCUT2D eigenvalue weighted by atomic mass is 10.2. The fraction of sp³-hybridized carbons (Fsp3) is 0.429. The maximum absolute atomic E-state index is 12.5. The molecule has 110 valence electrons. The first kappa shape index (κ1) is 15.4. The molecule has 0 unspecified atom stereocenters. The van der Waals surface area contributed by atoms with Gasteiger partial charge >= 0.3 is 0 Å². The van der Waals surface area contributed by atoms with Crippen molar-refractivity contribution < 1.29 is 8.42 Å². The van der Waals surface area contributed by atoms with Crippen molar-refractivity contribution in [3.8, 4) is 0 Å². The number of nitrogens with one attached hydrogen (secondary N) is 2. The summed E-state index contributed by atoms with van der Waals surface area (Å²) in [6.07, 6.45) is 0.782. The summed E-state index contributed by atoms with van der Waals surface area (Å²) in [5, 5.41) is 4.03. The second-order valence-corrected chi connectivity index (χ2v) is 7.37. The molecule has 4 nitrogen and oxygen atoms in total. The van der Waals surface area contributed by atoms with Crippen LogP contribution in [0.2, 0.25) is 0 Å². The predicted octanol–water partition coefficient (Wildman–Crippen LogP) is 2.70. The number of sulfonamides is 1. The highest BCUT2D eigenvalue weighted by atomic mass is 32.2. The summed E-state index contributed by atoms with van der Waals surface area (Å²) >= 11 is 1.54. The Kier molecular flexibility index (Phi) is 5.15. The molecular formula is C14H20N2O2S2. The zero-order valence-corrected chi connectivity index (χ0v) is 13.4. The fourth-order valence-electron chi connectivity index (χ4n) is 2.03. The van der Waals surface area contributed by atoms with Crippen LogP contribution in [-0.2, 0) is 16.6 Å². The van der Waals surface area contributed by atoms with Gasteiger partial charge in [0, 0.05) is 28.1 Å². The van der Waals surface area contributed by atoms with Crippen LogP contribution in [0.25, 0.3) is 10.1 Å². The molecule has 0 atom stereocenters. The lowest BCUT2D eigenvalue weighted by Crippen LogP contribution is -2.25. The van der Waals surface area contributed by atoms with Crippen molar-refractivity contribution in [3.63, 3.8) is 0 Å². The first-order chi connectivity index (χ1) is 9.60. The molecule has 1 aromatic carbocycles. The molecule has 1 heterocycles. The van der Waals surface area contributed by atoms with E-state index in [9.17, 15) is 8.42 Å². The predicted molar refractivity (Wildman–Crippen MR) is 84.7 cm³/mol. The normalized spacial score (nSPS) is 12.1. The van der Waals surface area contributed by atoms with E-state index in [4.69, 9.17) is 0 Å². The molecular weight excluding hydrogens is 292 g/mol. The highest BCUT2D eigenvalue weighted by Crippen LogP contribution is 2.34. The lowest BCUT2D eigenvalue weighted by molar-refractivity contribution is 0.580. The van der Waals surface area contributed by atoms with E-state index in [-0.39, 0.29) is 0 Å². The molecule has 0 saturated heterocycles. The summed E-state index contributed by atoms with van der Waals surface area (Å²) in [5.41, 5.74) is 0. The van der Waals surface area contributed by atoms with Gasteiger partial charge < -0.3 is 5.32 Å². The lowest BCUT2D eigenvalue weighted by Gasteiger charge is -2.08. The highest BCUT2D eigenvalue weighted by molar-refractivity contribution is 7.90. The van der Waals surface area contributed by atoms with Crippen molar-refractivity contribution in [2.75, 3.05) is 13.1 Å². The molecule has 0 amide bonds. The molecule has 2 rings (SSSR count). The smallest absolute Gasteiger partial charge is 0.242 e. The molecule has 1 aromatic heterocycles. The highest BCUT2D eigenvalue weighted by Gasteiger charge is 2.23. The minimum atomic E-state index is -3.45. The standard InChI is InChI=1S/C14H20N2O2S2/c1-3-9-16-20(17,18)14-11-7-5-6-8-12(11)19-13(14)10-15-4-2/h5-8,15-16H,3-4,9-10H2,1-2H3. The average molecular weight is 312 g/mol. The van der Waals surface area contributed by atoms with Crippen molar-refractivity contribution in [1.29, 1.82) is 0 Å². The van der Waals surface area contributed by atoms with E-state index in [0.717, 1.165) is 27.9 Å². The first-order valence-electron chi connectivity index (χ1n) is 6.81. The zero-order valence-electron chi connectivity index (χ0n) is 11.8. The monoisotopic (exact) mass is 312 g/mol. The van der Waals surface area contributed by atoms with Crippen LogP contribution in [-0.4, -0.2) is 21.5 Å². The Bertz CT molecular complexity index is 678. The van der Waals surface area contributed by atoms with Crippen LogP contribution in [0, 0.1) is 0 Å². The number of hydrogen-bond donors (Lipinski definition) is 2. The summed E-state index contributed by atoms with van der Waals surface area (Å²) in [7, 11) is -3.45. The minimum Gasteiger partial charge on any atom is -0.312 e. The third-order valence-electron chi connectivity index (χ3n) is 2.96. The minimum absolute atomic E-state index is 0.438. The second-order valence-electron chi connectivity index (χ2n) is 4.53. The van der Waals surface area contributed by atoms with Gasteiger partial charge in [0.2, 0.25) is 10.0 Å². The number of rotatable bonds is 7. The Hall–Kier alpha value is -0.950. The summed E-state index contributed by atoms with van der Waals surface area (Å²) in [5.74, 6) is 0. The maximum Gasteiger partial charge on any atom is 0.242 e. The molecule has 20 heavy (non-hydrogen) atoms. The van der Waals surface area contributed by atoms with Gasteiger partial charge in [0.15, 0.2) is 0 Å². The SMILES string of the molecule is CCCNS(=O)(=O)c1c(CNCC)sc2ccccc12. The van der Waals surface area contributed by atoms with Gasteiger partial charge in [0.1, 0.15) is 4.90 Å². The average Bonchev–Trinajstić information content (AvgIpc) is 2.82. The quantitative estimate of drug-likeness (QED) is 0.826. The number of hydrogen-bond acceptors (Lipinski definition) is 4. The Balaban J connectivity index is 2.53. The fourth-order valence-corrected chi connectivity index (χ4v) is 5.07. The second kappa shape index (κ2) is 6.67. The van der Waals surface area contributed by atoms with Gasteiger partial charge in [-0.1, -0.05) is 32.0 Å². The van der Waals surface area contributed by atoms with Crippen LogP contribution >= 0.6 is 11.3 Å². The van der Waals surface area contributed by atoms with E-state index in [1.165, 1.54) is 0 Å². The van der Waals surface area contributed by atoms with Crippen LogP contribution in [0.4, 0.5) is 0 Å². The van der Waals surface area contributed by atoms with E-state index in [1.54, 1.807) is 11.3 Å². The molecule has 0 spiro atoms. The summed E-state index contributed by atoms with van der Waals surface area (Å²) < 4.78 is 28.7. The van der Waals surface area contributed by atoms with Gasteiger partial charge in [-0.15, -0.1) is 11.3 Å². The van der Waals surface area contributed by atoms with E-state index in [0.29, 0.717) is 18.0 Å². The van der Waals surface area contributed by atoms with Gasteiger partial charge in [-0.2, -0.15) is 0 Å². The van der Waals surface area contributed by atoms with Gasteiger partial charge in [0.25, 0.3) is 0 Å². The summed E-state index contributed by atoms with van der Waals surface area (Å²) in [6.45, 7) is 5.83. The van der Waals surface area contributed by atoms with Gasteiger partial charge in [-0.3, -0.25) is 0 Å². The van der Waals surface area contributed by atoms with Crippen LogP contribution < -0.4 is 10.0 Å². The van der Waals surface area contributed by atoms with E-state index >= 15 is 0 Å². The van der Waals surface area contributed by atoms with Crippen molar-refractivity contribution >= 4 is 31.4 Å². The van der Waals surface area contributed by atoms with Crippen LogP contribution in [0.3, 0.4) is 0 Å². The molecule has 6 heteroatoms. The van der Waals surface area contributed by atoms with Crippen LogP contribution in [0.1, 0.15) is 25.1 Å². The third kappa shape index (κ3) is 3.20. The topological polar surface area (TPSA) is 58.2 Å². The Morgan fingerprint density at radius 1 is 1.20 bits per heavy atom. The van der Waals surface area contributed by atoms with E-state index < -0.39 is 10.0 Å². The Morgan fingerprint density at radius 3 is 2.65 bits per heavy atom. The molecule has 2 N–H and O–H groups in total. The van der Waals surface area contributed by atoms with E-state index in [2.05, 4.69) is 10.0 Å². The molecule has 0 aliphatic heterocycles. The van der Waals surface area contributed by atoms with Crippen molar-refractivity contribution in [2.24, 2.45) is 0 Å². The number of fused-ring (bicyclic) bond motifs is 1. The first-order valence-corrected chi connectivity index (χ1v) is 9.11. The maximum atomic E-state index is 12.5. The third-order valence-corrected chi connectivity index (χ3v) is 5.85. The molecule has 0 aliphatic carbocycles. The largest absolute Gasteiger partial charge is 0.312 e. The number of thiophene rings is 1. The van der Waals surface area contributed by atoms with Crippen molar-refractivity contribution in [2.45, 2.75) is 31.7 Å². The Labute approximate surface area is 124 Å². The Morgan fingerprint density at radius 2 is 1.95 bits per heavy atom. The summed E-state index contributed by atoms with van der Waals surface area (Å²) in [6, 6.07) is 7.66. The molecule has 0 aliphatic rings. The molecule has 0 radical (unpaired) electrons. The van der Waals surface area contributed by atoms with Gasteiger partial charge in [-0.25, -0.2) is 13.1 Å². The van der Waals surface area contributed by atoms with E-state index in [1.807, 2.05) is 38.1 Å². The number of benzene rings is 1. The zero-order chi connectivity index (χ0) is 14.6. The summed E-state index contributed by atoms with van der Waals surface area (Å²) in [4.78, 5) is 1.31. The van der Waals surface area contributed by atoms with Crippen molar-refractivity contribution in [3.05, 3.63) is 29.1 Å². The van der Waals surface area contributed by atoms with Gasteiger partial charge in [-0.05, 0) is 19.0 Å². The molecule has 0 fully saturated rings. The van der Waals surface area contributed by atoms with Crippen molar-refractivity contribution in [1.82, 2.24) is 10.0 Å². The van der Waals surface area contributed by atoms with Crippen LogP contribution in [0.5, 0.6) is 0 Å². The molecule has 0 bridgehead atoms. The molecule has 2 aromatic rings. The van der Waals surface area contributed by atoms with Crippen LogP contribution in [0.15, 0.2) is 29.2 Å².